The van der Waals surface area contributed by atoms with E-state index in [-0.39, 0.29) is 11.3 Å². The minimum Gasteiger partial charge on any atom is -0.322 e. The van der Waals surface area contributed by atoms with Crippen LogP contribution in [0.4, 0.5) is 0 Å². The first kappa shape index (κ1) is 15.6. The van der Waals surface area contributed by atoms with Crippen molar-refractivity contribution in [2.75, 3.05) is 12.3 Å². The number of halogens is 1. The summed E-state index contributed by atoms with van der Waals surface area (Å²) in [7, 11) is 1.88. The summed E-state index contributed by atoms with van der Waals surface area (Å²) >= 11 is 5.27. The minimum atomic E-state index is 0.0830. The highest BCUT2D eigenvalue weighted by Gasteiger charge is 2.33. The number of hydrogen-bond donors (Lipinski definition) is 0. The van der Waals surface area contributed by atoms with E-state index in [1.54, 1.807) is 4.68 Å². The van der Waals surface area contributed by atoms with Crippen LogP contribution in [-0.4, -0.2) is 32.9 Å². The Morgan fingerprint density at radius 2 is 2.00 bits per heavy atom. The van der Waals surface area contributed by atoms with Crippen LogP contribution < -0.4 is 0 Å². The first-order chi connectivity index (χ1) is 10.5. The molecule has 1 aromatic carbocycles. The Bertz CT molecular complexity index is 711. The molecule has 1 fully saturated rings. The van der Waals surface area contributed by atoms with Crippen LogP contribution in [0.25, 0.3) is 0 Å². The summed E-state index contributed by atoms with van der Waals surface area (Å²) in [5.41, 5.74) is 3.63. The highest BCUT2D eigenvalue weighted by molar-refractivity contribution is 9.10. The molecule has 0 spiro atoms. The number of carbonyl (C=O) groups excluding carboxylic acids is 1. The third-order valence-electron chi connectivity index (χ3n) is 4.03. The van der Waals surface area contributed by atoms with Crippen molar-refractivity contribution in [1.82, 2.24) is 14.7 Å². The van der Waals surface area contributed by atoms with Crippen molar-refractivity contribution in [2.24, 2.45) is 7.05 Å². The lowest BCUT2D eigenvalue weighted by molar-refractivity contribution is 0.0758. The Balaban J connectivity index is 1.92. The van der Waals surface area contributed by atoms with E-state index < -0.39 is 0 Å². The molecule has 1 aliphatic heterocycles. The second-order valence-corrected chi connectivity index (χ2v) is 7.55. The van der Waals surface area contributed by atoms with Gasteiger partial charge in [0, 0.05) is 29.5 Å². The molecule has 6 heteroatoms. The number of benzene rings is 1. The van der Waals surface area contributed by atoms with E-state index in [0.29, 0.717) is 0 Å². The van der Waals surface area contributed by atoms with Crippen LogP contribution >= 0.6 is 27.7 Å². The average Bonchev–Trinajstić information content (AvgIpc) is 3.05. The normalized spacial score (nSPS) is 18.0. The fourth-order valence-corrected chi connectivity index (χ4v) is 4.33. The molecule has 0 N–H and O–H groups in total. The summed E-state index contributed by atoms with van der Waals surface area (Å²) in [5, 5.41) is 4.45. The van der Waals surface area contributed by atoms with Crippen molar-refractivity contribution < 1.29 is 4.79 Å². The second kappa shape index (κ2) is 6.08. The van der Waals surface area contributed by atoms with Gasteiger partial charge in [-0.2, -0.15) is 5.10 Å². The monoisotopic (exact) mass is 379 g/mol. The SMILES string of the molecule is Cc1nn(C)c(C)c1C(=O)N1CCSC1c1ccc(Br)cc1. The van der Waals surface area contributed by atoms with Gasteiger partial charge in [0.1, 0.15) is 5.37 Å². The standard InChI is InChI=1S/C16H18BrN3OS/c1-10-14(11(2)19(3)18-10)15(21)20-8-9-22-16(20)12-4-6-13(17)7-5-12/h4-7,16H,8-9H2,1-3H3. The van der Waals surface area contributed by atoms with Gasteiger partial charge in [0.25, 0.3) is 5.91 Å². The quantitative estimate of drug-likeness (QED) is 0.798. The van der Waals surface area contributed by atoms with Gasteiger partial charge in [-0.3, -0.25) is 9.48 Å². The molecule has 0 bridgehead atoms. The Kier molecular flexibility index (Phi) is 4.32. The molecule has 116 valence electrons. The van der Waals surface area contributed by atoms with Gasteiger partial charge in [-0.1, -0.05) is 28.1 Å². The molecular weight excluding hydrogens is 362 g/mol. The van der Waals surface area contributed by atoms with E-state index in [9.17, 15) is 4.79 Å². The van der Waals surface area contributed by atoms with Gasteiger partial charge in [0.2, 0.25) is 0 Å². The van der Waals surface area contributed by atoms with Gasteiger partial charge >= 0.3 is 0 Å². The molecule has 1 aromatic heterocycles. The first-order valence-corrected chi connectivity index (χ1v) is 9.01. The molecule has 0 radical (unpaired) electrons. The molecule has 1 aliphatic rings. The predicted molar refractivity (Wildman–Crippen MR) is 93.1 cm³/mol. The number of amides is 1. The van der Waals surface area contributed by atoms with Crippen LogP contribution in [0.2, 0.25) is 0 Å². The molecule has 1 atom stereocenters. The van der Waals surface area contributed by atoms with Crippen LogP contribution in [0, 0.1) is 13.8 Å². The van der Waals surface area contributed by atoms with E-state index in [1.807, 2.05) is 49.7 Å². The number of carbonyl (C=O) groups is 1. The van der Waals surface area contributed by atoms with Crippen molar-refractivity contribution in [3.05, 3.63) is 51.3 Å². The highest BCUT2D eigenvalue weighted by atomic mass is 79.9. The van der Waals surface area contributed by atoms with Crippen molar-refractivity contribution in [2.45, 2.75) is 19.2 Å². The van der Waals surface area contributed by atoms with Gasteiger partial charge in [-0.15, -0.1) is 11.8 Å². The number of aromatic nitrogens is 2. The van der Waals surface area contributed by atoms with Gasteiger partial charge < -0.3 is 4.90 Å². The van der Waals surface area contributed by atoms with Crippen molar-refractivity contribution in [1.29, 1.82) is 0 Å². The zero-order valence-electron chi connectivity index (χ0n) is 12.8. The topological polar surface area (TPSA) is 38.1 Å². The second-order valence-electron chi connectivity index (χ2n) is 5.44. The molecule has 4 nitrogen and oxygen atoms in total. The fourth-order valence-electron chi connectivity index (χ4n) is 2.81. The van der Waals surface area contributed by atoms with Gasteiger partial charge in [0.05, 0.1) is 11.3 Å². The number of aryl methyl sites for hydroxylation is 2. The maximum Gasteiger partial charge on any atom is 0.258 e. The molecule has 1 saturated heterocycles. The fraction of sp³-hybridized carbons (Fsp3) is 0.375. The Morgan fingerprint density at radius 1 is 1.32 bits per heavy atom. The van der Waals surface area contributed by atoms with E-state index in [0.717, 1.165) is 33.7 Å². The largest absolute Gasteiger partial charge is 0.322 e. The van der Waals surface area contributed by atoms with Crippen LogP contribution in [0.3, 0.4) is 0 Å². The van der Waals surface area contributed by atoms with Gasteiger partial charge in [-0.25, -0.2) is 0 Å². The molecule has 1 amide bonds. The summed E-state index contributed by atoms with van der Waals surface area (Å²) in [6.07, 6.45) is 0. The van der Waals surface area contributed by atoms with Crippen molar-refractivity contribution in [3.8, 4) is 0 Å². The van der Waals surface area contributed by atoms with Crippen molar-refractivity contribution in [3.63, 3.8) is 0 Å². The predicted octanol–water partition coefficient (Wildman–Crippen LogP) is 3.69. The maximum absolute atomic E-state index is 13.0. The Labute approximate surface area is 143 Å². The molecular formula is C16H18BrN3OS. The molecule has 22 heavy (non-hydrogen) atoms. The summed E-state index contributed by atoms with van der Waals surface area (Å²) in [6, 6.07) is 8.21. The third kappa shape index (κ3) is 2.70. The zero-order valence-corrected chi connectivity index (χ0v) is 15.2. The molecule has 2 heterocycles. The number of rotatable bonds is 2. The van der Waals surface area contributed by atoms with Crippen LogP contribution in [0.5, 0.6) is 0 Å². The molecule has 1 unspecified atom stereocenters. The summed E-state index contributed by atoms with van der Waals surface area (Å²) in [4.78, 5) is 15.0. The van der Waals surface area contributed by atoms with E-state index in [1.165, 1.54) is 5.56 Å². The molecule has 0 saturated carbocycles. The highest BCUT2D eigenvalue weighted by Crippen LogP contribution is 2.39. The average molecular weight is 380 g/mol. The van der Waals surface area contributed by atoms with Gasteiger partial charge in [0.15, 0.2) is 0 Å². The molecule has 2 aromatic rings. The zero-order chi connectivity index (χ0) is 15.9. The van der Waals surface area contributed by atoms with Crippen LogP contribution in [-0.2, 0) is 7.05 Å². The molecule has 3 rings (SSSR count). The maximum atomic E-state index is 13.0. The first-order valence-electron chi connectivity index (χ1n) is 7.17. The molecule has 0 aliphatic carbocycles. The van der Waals surface area contributed by atoms with E-state index in [2.05, 4.69) is 33.2 Å². The number of thioether (sulfide) groups is 1. The summed E-state index contributed by atoms with van der Waals surface area (Å²) in [6.45, 7) is 4.63. The summed E-state index contributed by atoms with van der Waals surface area (Å²) < 4.78 is 2.83. The Hall–Kier alpha value is -1.27. The number of nitrogens with zero attached hydrogens (tertiary/aromatic N) is 3. The number of hydrogen-bond acceptors (Lipinski definition) is 3. The van der Waals surface area contributed by atoms with Crippen LogP contribution in [0.15, 0.2) is 28.7 Å². The van der Waals surface area contributed by atoms with Gasteiger partial charge in [-0.05, 0) is 31.5 Å². The van der Waals surface area contributed by atoms with Crippen molar-refractivity contribution >= 4 is 33.6 Å². The third-order valence-corrected chi connectivity index (χ3v) is 5.82. The lowest BCUT2D eigenvalue weighted by Crippen LogP contribution is -2.31. The lowest BCUT2D eigenvalue weighted by atomic mass is 10.1. The summed E-state index contributed by atoms with van der Waals surface area (Å²) in [5.74, 6) is 1.05. The van der Waals surface area contributed by atoms with E-state index >= 15 is 0 Å². The lowest BCUT2D eigenvalue weighted by Gasteiger charge is -2.24. The van der Waals surface area contributed by atoms with Crippen LogP contribution in [0.1, 0.15) is 32.7 Å². The smallest absolute Gasteiger partial charge is 0.258 e. The Morgan fingerprint density at radius 3 is 2.59 bits per heavy atom. The minimum absolute atomic E-state index is 0.0830. The van der Waals surface area contributed by atoms with E-state index in [4.69, 9.17) is 0 Å².